The Balaban J connectivity index is 1.84. The largest absolute Gasteiger partial charge is 0.233 e. The van der Waals surface area contributed by atoms with Gasteiger partial charge in [0.2, 0.25) is 9.84 Å². The van der Waals surface area contributed by atoms with E-state index in [9.17, 15) is 8.42 Å². The van der Waals surface area contributed by atoms with Crippen LogP contribution in [0.2, 0.25) is 0 Å². The number of aromatic nitrogens is 3. The van der Waals surface area contributed by atoms with E-state index in [1.165, 1.54) is 23.5 Å². The van der Waals surface area contributed by atoms with Gasteiger partial charge in [-0.25, -0.2) is 17.9 Å². The average Bonchev–Trinajstić information content (AvgIpc) is 3.09. The van der Waals surface area contributed by atoms with E-state index in [1.54, 1.807) is 34.8 Å². The molecule has 136 valence electrons. The van der Waals surface area contributed by atoms with E-state index in [0.29, 0.717) is 5.65 Å². The van der Waals surface area contributed by atoms with E-state index >= 15 is 0 Å². The Hall–Kier alpha value is -2.64. The van der Waals surface area contributed by atoms with Crippen molar-refractivity contribution in [2.75, 3.05) is 0 Å². The second-order valence-electron chi connectivity index (χ2n) is 6.21. The molecule has 0 N–H and O–H groups in total. The fourth-order valence-electron chi connectivity index (χ4n) is 2.75. The summed E-state index contributed by atoms with van der Waals surface area (Å²) < 4.78 is 27.6. The molecule has 0 radical (unpaired) electrons. The molecule has 7 heteroatoms. The Morgan fingerprint density at radius 2 is 1.67 bits per heavy atom. The summed E-state index contributed by atoms with van der Waals surface area (Å²) in [5.74, 6) is 0. The Kier molecular flexibility index (Phi) is 4.49. The molecule has 2 aromatic carbocycles. The average molecular weight is 396 g/mol. The lowest BCUT2D eigenvalue weighted by molar-refractivity contribution is 0.596. The minimum Gasteiger partial charge on any atom is -0.233 e. The number of hydrogen-bond donors (Lipinski definition) is 0. The number of sulfone groups is 1. The molecule has 0 spiro atoms. The number of aryl methyl sites for hydroxylation is 2. The van der Waals surface area contributed by atoms with Crippen molar-refractivity contribution in [2.45, 2.75) is 33.6 Å². The van der Waals surface area contributed by atoms with E-state index in [1.807, 2.05) is 44.2 Å². The number of benzene rings is 2. The maximum atomic E-state index is 13.0. The van der Waals surface area contributed by atoms with Crippen molar-refractivity contribution in [2.24, 2.45) is 0 Å². The second-order valence-corrected chi connectivity index (χ2v) is 9.22. The van der Waals surface area contributed by atoms with Crippen LogP contribution in [0.25, 0.3) is 5.65 Å². The summed E-state index contributed by atoms with van der Waals surface area (Å²) in [7, 11) is -3.69. The van der Waals surface area contributed by atoms with Crippen LogP contribution in [0.1, 0.15) is 11.3 Å². The summed E-state index contributed by atoms with van der Waals surface area (Å²) in [6, 6.07) is 18.4. The van der Waals surface area contributed by atoms with Gasteiger partial charge < -0.3 is 0 Å². The van der Waals surface area contributed by atoms with Crippen molar-refractivity contribution < 1.29 is 8.42 Å². The molecule has 0 atom stereocenters. The second kappa shape index (κ2) is 6.83. The van der Waals surface area contributed by atoms with Crippen molar-refractivity contribution in [3.8, 4) is 0 Å². The molecule has 0 saturated carbocycles. The van der Waals surface area contributed by atoms with Gasteiger partial charge in [-0.15, -0.1) is 0 Å². The maximum Gasteiger partial charge on any atom is 0.211 e. The molecule has 0 amide bonds. The fourth-order valence-corrected chi connectivity index (χ4v) is 5.04. The zero-order valence-corrected chi connectivity index (χ0v) is 16.5. The molecule has 2 heterocycles. The van der Waals surface area contributed by atoms with Gasteiger partial charge in [0.05, 0.1) is 11.1 Å². The van der Waals surface area contributed by atoms with E-state index in [-0.39, 0.29) is 9.79 Å². The van der Waals surface area contributed by atoms with Crippen LogP contribution in [-0.2, 0) is 9.84 Å². The van der Waals surface area contributed by atoms with Crippen molar-refractivity contribution in [1.29, 1.82) is 0 Å². The van der Waals surface area contributed by atoms with Crippen LogP contribution < -0.4 is 0 Å². The molecular formula is C20H17N3O2S2. The topological polar surface area (TPSA) is 64.3 Å². The minimum atomic E-state index is -3.69. The first-order valence-electron chi connectivity index (χ1n) is 8.35. The monoisotopic (exact) mass is 395 g/mol. The number of nitrogens with zero attached hydrogens (tertiary/aromatic N) is 3. The van der Waals surface area contributed by atoms with Crippen molar-refractivity contribution in [3.05, 3.63) is 78.1 Å². The fraction of sp³-hybridized carbons (Fsp3) is 0.100. The molecule has 2 aromatic heterocycles. The lowest BCUT2D eigenvalue weighted by Crippen LogP contribution is -2.03. The molecule has 0 aliphatic heterocycles. The summed E-state index contributed by atoms with van der Waals surface area (Å²) in [5, 5.41) is 5.14. The maximum absolute atomic E-state index is 13.0. The predicted molar refractivity (Wildman–Crippen MR) is 105 cm³/mol. The van der Waals surface area contributed by atoms with Gasteiger partial charge >= 0.3 is 0 Å². The Labute approximate surface area is 162 Å². The van der Waals surface area contributed by atoms with Gasteiger partial charge in [0.25, 0.3) is 0 Å². The van der Waals surface area contributed by atoms with Crippen LogP contribution in [0.3, 0.4) is 0 Å². The molecule has 4 aromatic rings. The zero-order valence-electron chi connectivity index (χ0n) is 14.8. The molecule has 5 nitrogen and oxygen atoms in total. The lowest BCUT2D eigenvalue weighted by Gasteiger charge is -2.07. The van der Waals surface area contributed by atoms with E-state index in [4.69, 9.17) is 0 Å². The SMILES string of the molecule is Cc1ccc(Sc2cc(C)nc3c(S(=O)(=O)c4ccccc4)cnn23)cc1. The highest BCUT2D eigenvalue weighted by atomic mass is 32.2. The highest BCUT2D eigenvalue weighted by Crippen LogP contribution is 2.31. The standard InChI is InChI=1S/C20H17N3O2S2/c1-14-8-10-16(11-9-14)26-19-12-15(2)22-20-18(13-21-23(19)20)27(24,25)17-6-4-3-5-7-17/h3-13H,1-2H3. The summed E-state index contributed by atoms with van der Waals surface area (Å²) in [6.45, 7) is 3.89. The van der Waals surface area contributed by atoms with Gasteiger partial charge in [0.1, 0.15) is 9.92 Å². The first-order chi connectivity index (χ1) is 12.9. The zero-order chi connectivity index (χ0) is 19.0. The molecule has 27 heavy (non-hydrogen) atoms. The molecule has 4 rings (SSSR count). The van der Waals surface area contributed by atoms with Gasteiger partial charge in [-0.1, -0.05) is 47.7 Å². The van der Waals surface area contributed by atoms with Crippen molar-refractivity contribution in [1.82, 2.24) is 14.6 Å². The van der Waals surface area contributed by atoms with Crippen LogP contribution >= 0.6 is 11.8 Å². The third kappa shape index (κ3) is 3.36. The van der Waals surface area contributed by atoms with Crippen LogP contribution in [-0.4, -0.2) is 23.0 Å². The number of rotatable bonds is 4. The van der Waals surface area contributed by atoms with Gasteiger partial charge in [0.15, 0.2) is 5.65 Å². The highest BCUT2D eigenvalue weighted by molar-refractivity contribution is 7.99. The molecule has 0 unspecified atom stereocenters. The Bertz CT molecular complexity index is 1220. The molecule has 0 aliphatic rings. The van der Waals surface area contributed by atoms with Crippen LogP contribution in [0.4, 0.5) is 0 Å². The third-order valence-electron chi connectivity index (χ3n) is 4.12. The van der Waals surface area contributed by atoms with Crippen LogP contribution in [0.5, 0.6) is 0 Å². The molecule has 0 saturated heterocycles. The van der Waals surface area contributed by atoms with Gasteiger partial charge in [-0.2, -0.15) is 5.10 Å². The van der Waals surface area contributed by atoms with E-state index in [0.717, 1.165) is 15.6 Å². The first kappa shape index (κ1) is 17.8. The molecule has 0 aliphatic carbocycles. The summed E-state index contributed by atoms with van der Waals surface area (Å²) in [5.41, 5.74) is 2.27. The summed E-state index contributed by atoms with van der Waals surface area (Å²) >= 11 is 1.53. The normalized spacial score (nSPS) is 11.8. The molecular weight excluding hydrogens is 378 g/mol. The van der Waals surface area contributed by atoms with Crippen LogP contribution in [0.15, 0.2) is 86.6 Å². The molecule has 0 fully saturated rings. The Morgan fingerprint density at radius 3 is 2.37 bits per heavy atom. The number of hydrogen-bond acceptors (Lipinski definition) is 5. The first-order valence-corrected chi connectivity index (χ1v) is 10.7. The summed E-state index contributed by atoms with van der Waals surface area (Å²) in [6.07, 6.45) is 1.38. The van der Waals surface area contributed by atoms with Gasteiger partial charge in [0, 0.05) is 10.6 Å². The quantitative estimate of drug-likeness (QED) is 0.481. The van der Waals surface area contributed by atoms with Crippen molar-refractivity contribution in [3.63, 3.8) is 0 Å². The van der Waals surface area contributed by atoms with Crippen LogP contribution in [0, 0.1) is 13.8 Å². The molecule has 0 bridgehead atoms. The minimum absolute atomic E-state index is 0.114. The van der Waals surface area contributed by atoms with Gasteiger partial charge in [-0.05, 0) is 44.2 Å². The van der Waals surface area contributed by atoms with E-state index in [2.05, 4.69) is 10.1 Å². The van der Waals surface area contributed by atoms with Gasteiger partial charge in [-0.3, -0.25) is 0 Å². The highest BCUT2D eigenvalue weighted by Gasteiger charge is 2.24. The summed E-state index contributed by atoms with van der Waals surface area (Å²) in [4.78, 5) is 5.85. The number of fused-ring (bicyclic) bond motifs is 1. The smallest absolute Gasteiger partial charge is 0.211 e. The van der Waals surface area contributed by atoms with E-state index < -0.39 is 9.84 Å². The Morgan fingerprint density at radius 1 is 0.963 bits per heavy atom. The van der Waals surface area contributed by atoms with Crippen molar-refractivity contribution >= 4 is 27.2 Å². The predicted octanol–water partition coefficient (Wildman–Crippen LogP) is 4.33. The lowest BCUT2D eigenvalue weighted by atomic mass is 10.2. The third-order valence-corrected chi connectivity index (χ3v) is 6.89.